The van der Waals surface area contributed by atoms with Crippen LogP contribution in [-0.4, -0.2) is 55.7 Å². The summed E-state index contributed by atoms with van der Waals surface area (Å²) in [7, 11) is 2.67. The molecule has 37 heavy (non-hydrogen) atoms. The summed E-state index contributed by atoms with van der Waals surface area (Å²) < 4.78 is 39.5. The van der Waals surface area contributed by atoms with Crippen LogP contribution in [0.5, 0.6) is 11.5 Å². The van der Waals surface area contributed by atoms with Crippen LogP contribution < -0.4 is 9.47 Å². The molecule has 0 heterocycles. The minimum absolute atomic E-state index is 0. The number of benzene rings is 2. The average Bonchev–Trinajstić information content (AvgIpc) is 2.81. The number of alkyl halides is 1. The first-order valence-corrected chi connectivity index (χ1v) is 11.4. The molecule has 0 spiro atoms. The number of ether oxygens (including phenoxy) is 4. The van der Waals surface area contributed by atoms with E-state index in [0.717, 1.165) is 11.1 Å². The van der Waals surface area contributed by atoms with Gasteiger partial charge < -0.3 is 24.1 Å². The number of methoxy groups -OCH3 is 2. The van der Waals surface area contributed by atoms with Crippen LogP contribution in [0.2, 0.25) is 0 Å². The zero-order chi connectivity index (χ0) is 28.8. The first-order chi connectivity index (χ1) is 17.1. The summed E-state index contributed by atoms with van der Waals surface area (Å²) in [5, 5.41) is 9.55. The topological polar surface area (TPSA) is 91.3 Å². The first-order valence-electron chi connectivity index (χ1n) is 12.1. The summed E-state index contributed by atoms with van der Waals surface area (Å²) >= 11 is 0. The van der Waals surface area contributed by atoms with Gasteiger partial charge in [-0.1, -0.05) is 21.3 Å². The third kappa shape index (κ3) is 14.3. The van der Waals surface area contributed by atoms with Crippen molar-refractivity contribution in [2.24, 2.45) is 0 Å². The lowest BCUT2D eigenvalue weighted by atomic mass is 10.1. The average molecular weight is 526 g/mol. The van der Waals surface area contributed by atoms with Gasteiger partial charge in [0, 0.05) is 1.37 Å². The molecule has 0 aliphatic carbocycles. The van der Waals surface area contributed by atoms with E-state index in [-0.39, 0.29) is 26.6 Å². The molecule has 0 aliphatic rings. The molecule has 2 aromatic rings. The first kappa shape index (κ1) is 33.9. The van der Waals surface area contributed by atoms with Gasteiger partial charge in [-0.2, -0.15) is 0 Å². The number of halogens is 1. The lowest BCUT2D eigenvalue weighted by Crippen LogP contribution is -2.28. The highest BCUT2D eigenvalue weighted by Crippen LogP contribution is 2.22. The van der Waals surface area contributed by atoms with Crippen LogP contribution in [0.25, 0.3) is 0 Å². The van der Waals surface area contributed by atoms with Crippen LogP contribution in [-0.2, 0) is 9.47 Å². The molecule has 210 valence electrons. The fraction of sp³-hybridized carbons (Fsp3) is 0.517. The van der Waals surface area contributed by atoms with Crippen molar-refractivity contribution >= 4 is 11.9 Å². The highest BCUT2D eigenvalue weighted by molar-refractivity contribution is 5.90. The van der Waals surface area contributed by atoms with Crippen LogP contribution in [0.4, 0.5) is 4.39 Å². The van der Waals surface area contributed by atoms with Gasteiger partial charge in [0.1, 0.15) is 30.4 Å². The van der Waals surface area contributed by atoms with E-state index in [9.17, 15) is 19.1 Å². The molecule has 0 aliphatic heterocycles. The summed E-state index contributed by atoms with van der Waals surface area (Å²) in [5.74, 6) is 0.454. The molecule has 1 N–H and O–H groups in total. The van der Waals surface area contributed by atoms with Crippen molar-refractivity contribution in [1.29, 1.82) is 0 Å². The second kappa shape index (κ2) is 16.6. The predicted octanol–water partition coefficient (Wildman–Crippen LogP) is 6.50. The summed E-state index contributed by atoms with van der Waals surface area (Å²) in [6.07, 6.45) is 0. The lowest BCUT2D eigenvalue weighted by molar-refractivity contribution is 0.0282. The number of aryl methyl sites for hydroxylation is 2. The van der Waals surface area contributed by atoms with Crippen LogP contribution in [0.1, 0.15) is 82.2 Å². The van der Waals surface area contributed by atoms with E-state index in [4.69, 9.17) is 10.8 Å². The fourth-order valence-corrected chi connectivity index (χ4v) is 2.62. The van der Waals surface area contributed by atoms with Gasteiger partial charge in [-0.15, -0.1) is 0 Å². The molecule has 0 saturated carbocycles. The van der Waals surface area contributed by atoms with Crippen LogP contribution in [0.3, 0.4) is 0 Å². The minimum atomic E-state index is -1.38. The number of aliphatic hydroxyl groups is 1. The Kier molecular flexibility index (Phi) is 15.2. The molecule has 0 atom stereocenters. The van der Waals surface area contributed by atoms with Gasteiger partial charge in [-0.05, 0) is 89.1 Å². The van der Waals surface area contributed by atoms with Crippen molar-refractivity contribution in [2.45, 2.75) is 74.1 Å². The quantitative estimate of drug-likeness (QED) is 0.393. The standard InChI is InChI=1S/C13H17FO3.C13H18O4.C2H6.CH4/c1-9-7-10(12(15)16-4)5-6-11(9)17-8-13(2,3)14;1-9-7-10(12(14)16-4)5-6-11(9)17-8-13(2,3)15;1-2;/h5-7H,8H2,1-4H3;5-7,15H,8H2,1-4H3;1-2H3;1H4/i;;1D;. The smallest absolute Gasteiger partial charge is 0.337 e. The van der Waals surface area contributed by atoms with Gasteiger partial charge in [0.25, 0.3) is 0 Å². The van der Waals surface area contributed by atoms with Crippen molar-refractivity contribution in [3.63, 3.8) is 0 Å². The Morgan fingerprint density at radius 3 is 1.49 bits per heavy atom. The van der Waals surface area contributed by atoms with E-state index in [0.29, 0.717) is 29.5 Å². The van der Waals surface area contributed by atoms with Crippen molar-refractivity contribution in [3.05, 3.63) is 58.7 Å². The number of carbonyl (C=O) groups excluding carboxylic acids is 2. The second-order valence-corrected chi connectivity index (χ2v) is 9.05. The predicted molar refractivity (Wildman–Crippen MR) is 146 cm³/mol. The highest BCUT2D eigenvalue weighted by atomic mass is 19.1. The maximum absolute atomic E-state index is 13.3. The minimum Gasteiger partial charge on any atom is -0.490 e. The van der Waals surface area contributed by atoms with Crippen molar-refractivity contribution in [1.82, 2.24) is 0 Å². The zero-order valence-electron chi connectivity index (χ0n) is 23.9. The molecule has 0 aromatic heterocycles. The molecule has 0 amide bonds. The Labute approximate surface area is 223 Å². The van der Waals surface area contributed by atoms with Crippen LogP contribution in [0, 0.1) is 13.8 Å². The van der Waals surface area contributed by atoms with E-state index >= 15 is 0 Å². The number of esters is 2. The Morgan fingerprint density at radius 2 is 1.22 bits per heavy atom. The van der Waals surface area contributed by atoms with Crippen LogP contribution in [0.15, 0.2) is 36.4 Å². The highest BCUT2D eigenvalue weighted by Gasteiger charge is 2.17. The monoisotopic (exact) mass is 525 g/mol. The summed E-state index contributed by atoms with van der Waals surface area (Å²) in [4.78, 5) is 22.6. The molecular weight excluding hydrogens is 479 g/mol. The van der Waals surface area contributed by atoms with Gasteiger partial charge in [-0.25, -0.2) is 14.0 Å². The Bertz CT molecular complexity index is 916. The maximum Gasteiger partial charge on any atom is 0.337 e. The maximum atomic E-state index is 13.3. The largest absolute Gasteiger partial charge is 0.490 e. The third-order valence-electron chi connectivity index (χ3n) is 4.34. The molecule has 2 rings (SSSR count). The Hall–Kier alpha value is -3.13. The van der Waals surface area contributed by atoms with Gasteiger partial charge in [0.15, 0.2) is 0 Å². The molecule has 0 unspecified atom stereocenters. The Balaban J connectivity index is 0. The van der Waals surface area contributed by atoms with E-state index in [1.165, 1.54) is 28.1 Å². The summed E-state index contributed by atoms with van der Waals surface area (Å²) in [6, 6.07) is 9.94. The number of hydrogen-bond donors (Lipinski definition) is 1. The number of hydrogen-bond acceptors (Lipinski definition) is 7. The van der Waals surface area contributed by atoms with Gasteiger partial charge >= 0.3 is 11.9 Å². The second-order valence-electron chi connectivity index (χ2n) is 9.05. The molecule has 8 heteroatoms. The van der Waals surface area contributed by atoms with E-state index in [2.05, 4.69) is 9.47 Å². The van der Waals surface area contributed by atoms with E-state index in [1.54, 1.807) is 64.1 Å². The SMILES string of the molecule is C.COC(=O)c1ccc(OCC(C)(C)F)c(C)c1.COC(=O)c1ccc(OCC(C)(C)O)c(C)c1.[2H]CC. The normalized spacial score (nSPS) is 10.7. The molecular formula is C29H45FO7. The zero-order valence-corrected chi connectivity index (χ0v) is 22.9. The summed E-state index contributed by atoms with van der Waals surface area (Å²) in [5.41, 5.74) is 0.285. The molecule has 0 saturated heterocycles. The van der Waals surface area contributed by atoms with Crippen LogP contribution >= 0.6 is 0 Å². The van der Waals surface area contributed by atoms with Gasteiger partial charge in [-0.3, -0.25) is 0 Å². The van der Waals surface area contributed by atoms with E-state index in [1.807, 2.05) is 6.92 Å². The number of rotatable bonds is 8. The van der Waals surface area contributed by atoms with Gasteiger partial charge in [0.05, 0.1) is 30.9 Å². The third-order valence-corrected chi connectivity index (χ3v) is 4.34. The van der Waals surface area contributed by atoms with Crippen molar-refractivity contribution < 1.29 is 39.4 Å². The lowest BCUT2D eigenvalue weighted by Gasteiger charge is -2.19. The van der Waals surface area contributed by atoms with Crippen molar-refractivity contribution in [2.75, 3.05) is 27.4 Å². The van der Waals surface area contributed by atoms with Gasteiger partial charge in [0.2, 0.25) is 0 Å². The Morgan fingerprint density at radius 1 is 0.865 bits per heavy atom. The molecule has 7 nitrogen and oxygen atoms in total. The fourth-order valence-electron chi connectivity index (χ4n) is 2.62. The molecule has 0 radical (unpaired) electrons. The molecule has 0 bridgehead atoms. The number of carbonyl (C=O) groups is 2. The molecule has 0 fully saturated rings. The molecule has 2 aromatic carbocycles. The van der Waals surface area contributed by atoms with Crippen molar-refractivity contribution in [3.8, 4) is 11.5 Å². The van der Waals surface area contributed by atoms with E-state index < -0.39 is 17.2 Å². The summed E-state index contributed by atoms with van der Waals surface area (Å²) in [6.45, 7) is 12.3.